The van der Waals surface area contributed by atoms with Gasteiger partial charge in [-0.25, -0.2) is 8.42 Å². The van der Waals surface area contributed by atoms with E-state index in [0.717, 1.165) is 4.31 Å². The lowest BCUT2D eigenvalue weighted by Gasteiger charge is -2.38. The van der Waals surface area contributed by atoms with E-state index >= 15 is 0 Å². The van der Waals surface area contributed by atoms with Gasteiger partial charge in [0.05, 0.1) is 11.0 Å². The lowest BCUT2D eigenvalue weighted by molar-refractivity contribution is -0.194. The molecule has 1 fully saturated rings. The number of rotatable bonds is 4. The number of hydrogen-bond acceptors (Lipinski definition) is 3. The van der Waals surface area contributed by atoms with Crippen molar-refractivity contribution in [3.8, 4) is 0 Å². The van der Waals surface area contributed by atoms with Gasteiger partial charge in [0.25, 0.3) is 0 Å². The van der Waals surface area contributed by atoms with Gasteiger partial charge in [-0.3, -0.25) is 0 Å². The average Bonchev–Trinajstić information content (AvgIpc) is 2.28. The van der Waals surface area contributed by atoms with Crippen molar-refractivity contribution in [2.45, 2.75) is 24.1 Å². The van der Waals surface area contributed by atoms with Gasteiger partial charge in [-0.05, 0) is 24.6 Å². The van der Waals surface area contributed by atoms with E-state index in [1.807, 2.05) is 0 Å². The highest BCUT2D eigenvalue weighted by Gasteiger charge is 2.40. The van der Waals surface area contributed by atoms with Crippen LogP contribution in [-0.2, 0) is 14.8 Å². The Morgan fingerprint density at radius 1 is 1.38 bits per heavy atom. The first-order chi connectivity index (χ1) is 9.61. The number of hydrogen-bond donors (Lipinski definition) is 0. The molecule has 0 spiro atoms. The van der Waals surface area contributed by atoms with Crippen LogP contribution in [-0.4, -0.2) is 44.7 Å². The molecule has 4 nitrogen and oxygen atoms in total. The molecule has 1 aromatic rings. The average molecular weight is 344 g/mol. The van der Waals surface area contributed by atoms with Crippen LogP contribution in [0.4, 0.5) is 13.2 Å². The summed E-state index contributed by atoms with van der Waals surface area (Å²) in [6.45, 7) is 0.0170. The second kappa shape index (κ2) is 5.75. The lowest BCUT2D eigenvalue weighted by atomic mass is 10.2. The number of halogens is 4. The van der Waals surface area contributed by atoms with Crippen LogP contribution in [0.3, 0.4) is 0 Å². The van der Waals surface area contributed by atoms with Gasteiger partial charge in [-0.1, -0.05) is 17.7 Å². The van der Waals surface area contributed by atoms with Crippen LogP contribution in [0.1, 0.15) is 5.56 Å². The van der Waals surface area contributed by atoms with Gasteiger partial charge in [0.2, 0.25) is 10.0 Å². The van der Waals surface area contributed by atoms with Crippen LogP contribution in [0.15, 0.2) is 23.1 Å². The summed E-state index contributed by atoms with van der Waals surface area (Å²) in [5.41, 5.74) is 0.416. The summed E-state index contributed by atoms with van der Waals surface area (Å²) >= 11 is 5.88. The summed E-state index contributed by atoms with van der Waals surface area (Å²) in [5.74, 6) is 0. The van der Waals surface area contributed by atoms with Crippen molar-refractivity contribution in [2.24, 2.45) is 0 Å². The fourth-order valence-electron chi connectivity index (χ4n) is 1.92. The van der Waals surface area contributed by atoms with Crippen LogP contribution in [0.25, 0.3) is 0 Å². The molecule has 0 N–H and O–H groups in total. The van der Waals surface area contributed by atoms with Crippen molar-refractivity contribution in [1.82, 2.24) is 4.31 Å². The highest BCUT2D eigenvalue weighted by atomic mass is 35.5. The van der Waals surface area contributed by atoms with Crippen molar-refractivity contribution in [1.29, 1.82) is 0 Å². The maximum absolute atomic E-state index is 12.3. The van der Waals surface area contributed by atoms with Gasteiger partial charge < -0.3 is 4.74 Å². The molecular formula is C12H13ClF3NO3S. The van der Waals surface area contributed by atoms with E-state index in [4.69, 9.17) is 11.6 Å². The fraction of sp³-hybridized carbons (Fsp3) is 0.500. The van der Waals surface area contributed by atoms with E-state index in [-0.39, 0.29) is 18.0 Å². The van der Waals surface area contributed by atoms with E-state index in [2.05, 4.69) is 4.74 Å². The standard InChI is InChI=1S/C12H13ClF3NO3S/c1-8-10(13)3-2-4-11(8)21(18,19)17-5-9(6-17)20-7-12(14,15)16/h2-4,9H,5-7H2,1H3. The molecule has 1 aliphatic rings. The summed E-state index contributed by atoms with van der Waals surface area (Å²) < 4.78 is 66.3. The number of alkyl halides is 3. The third kappa shape index (κ3) is 3.68. The minimum Gasteiger partial charge on any atom is -0.366 e. The van der Waals surface area contributed by atoms with Gasteiger partial charge in [-0.15, -0.1) is 0 Å². The molecule has 1 heterocycles. The topological polar surface area (TPSA) is 46.6 Å². The number of benzene rings is 1. The summed E-state index contributed by atoms with van der Waals surface area (Å²) in [6, 6.07) is 4.50. The molecule has 9 heteroatoms. The molecule has 1 aromatic carbocycles. The highest BCUT2D eigenvalue weighted by Crippen LogP contribution is 2.29. The maximum atomic E-state index is 12.3. The normalized spacial score (nSPS) is 17.8. The number of nitrogens with zero attached hydrogens (tertiary/aromatic N) is 1. The number of ether oxygens (including phenoxy) is 1. The van der Waals surface area contributed by atoms with Crippen LogP contribution >= 0.6 is 11.6 Å². The molecule has 21 heavy (non-hydrogen) atoms. The third-order valence-corrected chi connectivity index (χ3v) is 5.52. The SMILES string of the molecule is Cc1c(Cl)cccc1S(=O)(=O)N1CC(OCC(F)(F)F)C1. The van der Waals surface area contributed by atoms with Crippen molar-refractivity contribution in [2.75, 3.05) is 19.7 Å². The van der Waals surface area contributed by atoms with Gasteiger partial charge >= 0.3 is 6.18 Å². The van der Waals surface area contributed by atoms with Crippen LogP contribution in [0.2, 0.25) is 5.02 Å². The second-order valence-corrected chi connectivity index (χ2v) is 7.05. The lowest BCUT2D eigenvalue weighted by Crippen LogP contribution is -2.55. The Morgan fingerprint density at radius 2 is 2.00 bits per heavy atom. The molecule has 0 saturated carbocycles. The zero-order chi connectivity index (χ0) is 15.8. The minimum absolute atomic E-state index is 0.0595. The summed E-state index contributed by atoms with van der Waals surface area (Å²) in [7, 11) is -3.75. The van der Waals surface area contributed by atoms with Crippen molar-refractivity contribution in [3.05, 3.63) is 28.8 Å². The Balaban J connectivity index is 2.02. The molecule has 118 valence electrons. The molecule has 0 aromatic heterocycles. The zero-order valence-corrected chi connectivity index (χ0v) is 12.6. The smallest absolute Gasteiger partial charge is 0.366 e. The third-order valence-electron chi connectivity index (χ3n) is 3.13. The molecule has 0 unspecified atom stereocenters. The van der Waals surface area contributed by atoms with E-state index in [9.17, 15) is 21.6 Å². The second-order valence-electron chi connectivity index (χ2n) is 4.73. The Bertz CT molecular complexity index is 627. The summed E-state index contributed by atoms with van der Waals surface area (Å²) in [6.07, 6.45) is -5.15. The van der Waals surface area contributed by atoms with Crippen LogP contribution < -0.4 is 0 Å². The monoisotopic (exact) mass is 343 g/mol. The predicted molar refractivity (Wildman–Crippen MR) is 70.7 cm³/mol. The maximum Gasteiger partial charge on any atom is 0.411 e. The first-order valence-corrected chi connectivity index (χ1v) is 7.86. The largest absolute Gasteiger partial charge is 0.411 e. The van der Waals surface area contributed by atoms with E-state index in [1.165, 1.54) is 12.1 Å². The molecule has 1 aliphatic heterocycles. The van der Waals surface area contributed by atoms with Crippen molar-refractivity contribution >= 4 is 21.6 Å². The molecule has 0 radical (unpaired) electrons. The summed E-state index contributed by atoms with van der Waals surface area (Å²) in [4.78, 5) is 0.0595. The van der Waals surface area contributed by atoms with Gasteiger partial charge in [-0.2, -0.15) is 17.5 Å². The molecule has 0 aliphatic carbocycles. The molecule has 0 bridgehead atoms. The fourth-order valence-corrected chi connectivity index (χ4v) is 3.90. The molecular weight excluding hydrogens is 331 g/mol. The van der Waals surface area contributed by atoms with E-state index in [0.29, 0.717) is 10.6 Å². The quantitative estimate of drug-likeness (QED) is 0.844. The Hall–Kier alpha value is -0.830. The first kappa shape index (κ1) is 16.5. The Kier molecular flexibility index (Phi) is 4.53. The van der Waals surface area contributed by atoms with E-state index in [1.54, 1.807) is 13.0 Å². The van der Waals surface area contributed by atoms with Gasteiger partial charge in [0.15, 0.2) is 0 Å². The molecule has 1 saturated heterocycles. The van der Waals surface area contributed by atoms with Crippen LogP contribution in [0, 0.1) is 6.92 Å². The van der Waals surface area contributed by atoms with Crippen molar-refractivity contribution < 1.29 is 26.3 Å². The first-order valence-electron chi connectivity index (χ1n) is 6.05. The van der Waals surface area contributed by atoms with Gasteiger partial charge in [0.1, 0.15) is 6.61 Å². The Labute approximate surface area is 125 Å². The minimum atomic E-state index is -4.41. The van der Waals surface area contributed by atoms with Gasteiger partial charge in [0, 0.05) is 18.1 Å². The van der Waals surface area contributed by atoms with Crippen LogP contribution in [0.5, 0.6) is 0 Å². The summed E-state index contributed by atoms with van der Waals surface area (Å²) in [5, 5.41) is 0.321. The molecule has 0 amide bonds. The predicted octanol–water partition coefficient (Wildman–Crippen LogP) is 2.60. The number of sulfonamides is 1. The molecule has 2 rings (SSSR count). The van der Waals surface area contributed by atoms with E-state index < -0.39 is 28.9 Å². The Morgan fingerprint density at radius 3 is 2.57 bits per heavy atom. The van der Waals surface area contributed by atoms with Crippen molar-refractivity contribution in [3.63, 3.8) is 0 Å². The zero-order valence-electron chi connectivity index (χ0n) is 11.0. The molecule has 0 atom stereocenters. The highest BCUT2D eigenvalue weighted by molar-refractivity contribution is 7.89.